The van der Waals surface area contributed by atoms with Crippen LogP contribution in [0.5, 0.6) is 5.75 Å². The van der Waals surface area contributed by atoms with Crippen LogP contribution in [0, 0.1) is 5.82 Å². The van der Waals surface area contributed by atoms with Crippen molar-refractivity contribution < 1.29 is 23.8 Å². The van der Waals surface area contributed by atoms with Crippen LogP contribution in [0.4, 0.5) is 10.1 Å². The van der Waals surface area contributed by atoms with Gasteiger partial charge in [-0.05, 0) is 30.3 Å². The minimum atomic E-state index is -1.12. The molecule has 0 saturated heterocycles. The third kappa shape index (κ3) is 3.17. The lowest BCUT2D eigenvalue weighted by molar-refractivity contribution is 0.0696. The summed E-state index contributed by atoms with van der Waals surface area (Å²) in [5, 5.41) is 11.3. The number of carboxylic acids is 1. The van der Waals surface area contributed by atoms with Gasteiger partial charge in [-0.25, -0.2) is 9.18 Å². The Labute approximate surface area is 120 Å². The van der Waals surface area contributed by atoms with E-state index < -0.39 is 17.7 Å². The zero-order valence-electron chi connectivity index (χ0n) is 11.1. The van der Waals surface area contributed by atoms with Crippen molar-refractivity contribution in [1.29, 1.82) is 0 Å². The van der Waals surface area contributed by atoms with E-state index >= 15 is 0 Å². The van der Waals surface area contributed by atoms with Crippen molar-refractivity contribution in [3.63, 3.8) is 0 Å². The number of benzene rings is 2. The number of carbonyl (C=O) groups is 2. The number of aromatic carboxylic acids is 1. The molecule has 1 amide bonds. The summed E-state index contributed by atoms with van der Waals surface area (Å²) in [5.41, 5.74) is 0.0410. The van der Waals surface area contributed by atoms with Gasteiger partial charge in [0.05, 0.1) is 12.7 Å². The van der Waals surface area contributed by atoms with Crippen LogP contribution in [0.2, 0.25) is 0 Å². The molecule has 0 aliphatic rings. The van der Waals surface area contributed by atoms with Gasteiger partial charge in [0.1, 0.15) is 17.1 Å². The largest absolute Gasteiger partial charge is 0.496 e. The van der Waals surface area contributed by atoms with E-state index in [9.17, 15) is 14.0 Å². The van der Waals surface area contributed by atoms with Gasteiger partial charge >= 0.3 is 5.97 Å². The van der Waals surface area contributed by atoms with Gasteiger partial charge in [0.2, 0.25) is 0 Å². The Kier molecular flexibility index (Phi) is 4.18. The van der Waals surface area contributed by atoms with Crippen molar-refractivity contribution in [2.24, 2.45) is 0 Å². The fourth-order valence-corrected chi connectivity index (χ4v) is 1.82. The number of rotatable bonds is 4. The lowest BCUT2D eigenvalue weighted by Crippen LogP contribution is -2.15. The molecule has 2 N–H and O–H groups in total. The molecular weight excluding hydrogens is 277 g/mol. The van der Waals surface area contributed by atoms with Crippen molar-refractivity contribution in [1.82, 2.24) is 0 Å². The lowest BCUT2D eigenvalue weighted by Gasteiger charge is -2.10. The predicted molar refractivity (Wildman–Crippen MR) is 74.3 cm³/mol. The first-order chi connectivity index (χ1) is 10.0. The van der Waals surface area contributed by atoms with Crippen LogP contribution < -0.4 is 10.1 Å². The Bertz CT molecular complexity index is 700. The van der Waals surface area contributed by atoms with Gasteiger partial charge in [-0.15, -0.1) is 0 Å². The third-order valence-corrected chi connectivity index (χ3v) is 2.79. The molecule has 0 saturated carbocycles. The summed E-state index contributed by atoms with van der Waals surface area (Å²) < 4.78 is 18.7. The molecule has 108 valence electrons. The second-order valence-corrected chi connectivity index (χ2v) is 4.16. The quantitative estimate of drug-likeness (QED) is 0.907. The minimum absolute atomic E-state index is 0.0216. The molecule has 6 heteroatoms. The Morgan fingerprint density at radius 2 is 1.90 bits per heavy atom. The van der Waals surface area contributed by atoms with E-state index in [1.165, 1.54) is 43.5 Å². The van der Waals surface area contributed by atoms with Crippen molar-refractivity contribution in [2.75, 3.05) is 12.4 Å². The number of amides is 1. The summed E-state index contributed by atoms with van der Waals surface area (Å²) in [5.74, 6) is -2.45. The van der Waals surface area contributed by atoms with Crippen LogP contribution in [-0.2, 0) is 0 Å². The second kappa shape index (κ2) is 6.04. The summed E-state index contributed by atoms with van der Waals surface area (Å²) in [6.45, 7) is 0. The SMILES string of the molecule is COc1cccc(F)c1C(=O)Nc1cccc(C(=O)O)c1. The van der Waals surface area contributed by atoms with Crippen molar-refractivity contribution in [3.05, 3.63) is 59.4 Å². The van der Waals surface area contributed by atoms with Gasteiger partial charge in [-0.2, -0.15) is 0 Å². The molecule has 0 unspecified atom stereocenters. The lowest BCUT2D eigenvalue weighted by atomic mass is 10.1. The average molecular weight is 289 g/mol. The number of carboxylic acid groups (broad SMARTS) is 1. The molecular formula is C15H12FNO4. The summed E-state index contributed by atoms with van der Waals surface area (Å²) in [7, 11) is 1.33. The number of nitrogens with one attached hydrogen (secondary N) is 1. The maximum absolute atomic E-state index is 13.8. The predicted octanol–water partition coefficient (Wildman–Crippen LogP) is 2.78. The van der Waals surface area contributed by atoms with E-state index in [4.69, 9.17) is 9.84 Å². The topological polar surface area (TPSA) is 75.6 Å². The van der Waals surface area contributed by atoms with Gasteiger partial charge in [-0.1, -0.05) is 12.1 Å². The monoisotopic (exact) mass is 289 g/mol. The van der Waals surface area contributed by atoms with Crippen LogP contribution >= 0.6 is 0 Å². The Morgan fingerprint density at radius 3 is 2.57 bits per heavy atom. The first kappa shape index (κ1) is 14.5. The minimum Gasteiger partial charge on any atom is -0.496 e. The van der Waals surface area contributed by atoms with Gasteiger partial charge in [0.15, 0.2) is 0 Å². The summed E-state index contributed by atoms with van der Waals surface area (Å²) in [6, 6.07) is 9.71. The van der Waals surface area contributed by atoms with Crippen LogP contribution in [0.3, 0.4) is 0 Å². The molecule has 0 spiro atoms. The van der Waals surface area contributed by atoms with Crippen LogP contribution in [0.15, 0.2) is 42.5 Å². The highest BCUT2D eigenvalue weighted by Crippen LogP contribution is 2.22. The Morgan fingerprint density at radius 1 is 1.19 bits per heavy atom. The van der Waals surface area contributed by atoms with E-state index in [2.05, 4.69) is 5.32 Å². The summed E-state index contributed by atoms with van der Waals surface area (Å²) >= 11 is 0. The molecule has 5 nitrogen and oxygen atoms in total. The average Bonchev–Trinajstić information content (AvgIpc) is 2.46. The van der Waals surface area contributed by atoms with Crippen molar-refractivity contribution >= 4 is 17.6 Å². The molecule has 2 rings (SSSR count). The van der Waals surface area contributed by atoms with E-state index in [1.54, 1.807) is 0 Å². The fraction of sp³-hybridized carbons (Fsp3) is 0.0667. The fourth-order valence-electron chi connectivity index (χ4n) is 1.82. The normalized spacial score (nSPS) is 10.0. The maximum Gasteiger partial charge on any atom is 0.335 e. The molecule has 0 aliphatic carbocycles. The van der Waals surface area contributed by atoms with Crippen molar-refractivity contribution in [3.8, 4) is 5.75 Å². The first-order valence-corrected chi connectivity index (χ1v) is 6.00. The zero-order chi connectivity index (χ0) is 15.4. The number of ether oxygens (including phenoxy) is 1. The summed E-state index contributed by atoms with van der Waals surface area (Å²) in [6.07, 6.45) is 0. The van der Waals surface area contributed by atoms with Gasteiger partial charge in [0.25, 0.3) is 5.91 Å². The zero-order valence-corrected chi connectivity index (χ0v) is 11.1. The number of methoxy groups -OCH3 is 1. The van der Waals surface area contributed by atoms with E-state index in [0.29, 0.717) is 0 Å². The molecule has 21 heavy (non-hydrogen) atoms. The summed E-state index contributed by atoms with van der Waals surface area (Å²) in [4.78, 5) is 23.0. The van der Waals surface area contributed by atoms with E-state index in [1.807, 2.05) is 0 Å². The number of carbonyl (C=O) groups excluding carboxylic acids is 1. The van der Waals surface area contributed by atoms with Gasteiger partial charge in [-0.3, -0.25) is 4.79 Å². The number of anilines is 1. The highest BCUT2D eigenvalue weighted by Gasteiger charge is 2.18. The standard InChI is InChI=1S/C15H12FNO4/c1-21-12-7-3-6-11(16)13(12)14(18)17-10-5-2-4-9(8-10)15(19)20/h2-8H,1H3,(H,17,18)(H,19,20). The molecule has 0 radical (unpaired) electrons. The highest BCUT2D eigenvalue weighted by molar-refractivity contribution is 6.06. The number of hydrogen-bond donors (Lipinski definition) is 2. The van der Waals surface area contributed by atoms with Crippen LogP contribution in [-0.4, -0.2) is 24.1 Å². The number of hydrogen-bond acceptors (Lipinski definition) is 3. The van der Waals surface area contributed by atoms with Crippen molar-refractivity contribution in [2.45, 2.75) is 0 Å². The third-order valence-electron chi connectivity index (χ3n) is 2.79. The van der Waals surface area contributed by atoms with Crippen LogP contribution in [0.1, 0.15) is 20.7 Å². The Hall–Kier alpha value is -2.89. The number of halogens is 1. The molecule has 0 heterocycles. The molecule has 0 fully saturated rings. The Balaban J connectivity index is 2.30. The van der Waals surface area contributed by atoms with Gasteiger partial charge in [0, 0.05) is 5.69 Å². The molecule has 0 atom stereocenters. The first-order valence-electron chi connectivity index (χ1n) is 6.00. The molecule has 2 aromatic carbocycles. The molecule has 0 bridgehead atoms. The highest BCUT2D eigenvalue weighted by atomic mass is 19.1. The van der Waals surface area contributed by atoms with E-state index in [-0.39, 0.29) is 22.6 Å². The van der Waals surface area contributed by atoms with E-state index in [0.717, 1.165) is 6.07 Å². The maximum atomic E-state index is 13.8. The molecule has 0 aliphatic heterocycles. The molecule has 0 aromatic heterocycles. The molecule has 2 aromatic rings. The smallest absolute Gasteiger partial charge is 0.335 e. The second-order valence-electron chi connectivity index (χ2n) is 4.16. The van der Waals surface area contributed by atoms with Crippen LogP contribution in [0.25, 0.3) is 0 Å². The van der Waals surface area contributed by atoms with Gasteiger partial charge < -0.3 is 15.2 Å².